The summed E-state index contributed by atoms with van der Waals surface area (Å²) in [5.74, 6) is 1.28. The Bertz CT molecular complexity index is 1360. The quantitative estimate of drug-likeness (QED) is 0.362. The Morgan fingerprint density at radius 1 is 0.971 bits per heavy atom. The lowest BCUT2D eigenvalue weighted by Gasteiger charge is -2.11. The van der Waals surface area contributed by atoms with Crippen LogP contribution in [-0.2, 0) is 11.3 Å². The SMILES string of the molecule is O=C(CSc1ncccc1C(=O)Nc1ccnn1Cc1ccncc1)Nc1ccc2c(c1)OCO2. The number of benzene rings is 1. The molecule has 1 aliphatic rings. The van der Waals surface area contributed by atoms with Crippen molar-refractivity contribution in [3.8, 4) is 11.5 Å². The number of carbonyl (C=O) groups excluding carboxylic acids is 2. The minimum Gasteiger partial charge on any atom is -0.454 e. The number of thioether (sulfide) groups is 1. The fourth-order valence-corrected chi connectivity index (χ4v) is 4.19. The summed E-state index contributed by atoms with van der Waals surface area (Å²) in [6.07, 6.45) is 6.62. The van der Waals surface area contributed by atoms with Crippen molar-refractivity contribution in [3.63, 3.8) is 0 Å². The molecule has 5 rings (SSSR count). The molecule has 0 spiro atoms. The molecular weight excluding hydrogens is 468 g/mol. The first-order valence-corrected chi connectivity index (χ1v) is 11.6. The van der Waals surface area contributed by atoms with Crippen LogP contribution in [-0.4, -0.2) is 44.1 Å². The second-order valence-corrected chi connectivity index (χ2v) is 8.41. The Labute approximate surface area is 204 Å². The average molecular weight is 489 g/mol. The standard InChI is InChI=1S/C24H20N6O4S/c31-22(28-17-3-4-19-20(12-17)34-15-33-19)14-35-24-18(2-1-8-26-24)23(32)29-21-7-11-27-30(21)13-16-5-9-25-10-6-16/h1-12H,13-15H2,(H,28,31)(H,29,32). The highest BCUT2D eigenvalue weighted by Gasteiger charge is 2.17. The molecule has 0 aliphatic carbocycles. The molecule has 2 N–H and O–H groups in total. The van der Waals surface area contributed by atoms with E-state index in [1.165, 1.54) is 11.8 Å². The minimum absolute atomic E-state index is 0.0751. The topological polar surface area (TPSA) is 120 Å². The highest BCUT2D eigenvalue weighted by Crippen LogP contribution is 2.34. The highest BCUT2D eigenvalue weighted by molar-refractivity contribution is 8.00. The van der Waals surface area contributed by atoms with Gasteiger partial charge < -0.3 is 20.1 Å². The van der Waals surface area contributed by atoms with Crippen LogP contribution in [0.25, 0.3) is 0 Å². The van der Waals surface area contributed by atoms with Crippen molar-refractivity contribution in [2.24, 2.45) is 0 Å². The molecule has 35 heavy (non-hydrogen) atoms. The first kappa shape index (κ1) is 22.4. The summed E-state index contributed by atoms with van der Waals surface area (Å²) < 4.78 is 12.3. The molecule has 2 amide bonds. The zero-order chi connectivity index (χ0) is 24.0. The van der Waals surface area contributed by atoms with Crippen molar-refractivity contribution in [1.82, 2.24) is 19.7 Å². The van der Waals surface area contributed by atoms with Crippen molar-refractivity contribution >= 4 is 35.1 Å². The summed E-state index contributed by atoms with van der Waals surface area (Å²) in [6.45, 7) is 0.650. The van der Waals surface area contributed by atoms with Crippen LogP contribution in [0.4, 0.5) is 11.5 Å². The summed E-state index contributed by atoms with van der Waals surface area (Å²) in [6, 6.07) is 14.0. The highest BCUT2D eigenvalue weighted by atomic mass is 32.2. The van der Waals surface area contributed by atoms with Gasteiger partial charge in [0.1, 0.15) is 10.8 Å². The van der Waals surface area contributed by atoms with Gasteiger partial charge in [0.15, 0.2) is 11.5 Å². The van der Waals surface area contributed by atoms with Crippen LogP contribution in [0.1, 0.15) is 15.9 Å². The lowest BCUT2D eigenvalue weighted by molar-refractivity contribution is -0.113. The number of rotatable bonds is 8. The maximum Gasteiger partial charge on any atom is 0.259 e. The van der Waals surface area contributed by atoms with E-state index in [0.29, 0.717) is 40.1 Å². The molecule has 0 saturated carbocycles. The van der Waals surface area contributed by atoms with Crippen LogP contribution < -0.4 is 20.1 Å². The van der Waals surface area contributed by atoms with E-state index < -0.39 is 0 Å². The maximum absolute atomic E-state index is 13.0. The molecular formula is C24H20N6O4S. The Morgan fingerprint density at radius 3 is 2.71 bits per heavy atom. The number of pyridine rings is 2. The zero-order valence-corrected chi connectivity index (χ0v) is 19.2. The van der Waals surface area contributed by atoms with E-state index in [2.05, 4.69) is 25.7 Å². The number of nitrogens with one attached hydrogen (secondary N) is 2. The molecule has 1 aromatic carbocycles. The van der Waals surface area contributed by atoms with E-state index in [4.69, 9.17) is 9.47 Å². The van der Waals surface area contributed by atoms with Gasteiger partial charge in [-0.15, -0.1) is 0 Å². The molecule has 176 valence electrons. The number of amides is 2. The summed E-state index contributed by atoms with van der Waals surface area (Å²) in [7, 11) is 0. The molecule has 4 aromatic rings. The van der Waals surface area contributed by atoms with Crippen LogP contribution >= 0.6 is 11.8 Å². The van der Waals surface area contributed by atoms with Gasteiger partial charge in [0.2, 0.25) is 12.7 Å². The fraction of sp³-hybridized carbons (Fsp3) is 0.125. The van der Waals surface area contributed by atoms with Crippen LogP contribution in [0.3, 0.4) is 0 Å². The summed E-state index contributed by atoms with van der Waals surface area (Å²) in [5.41, 5.74) is 1.97. The largest absolute Gasteiger partial charge is 0.454 e. The van der Waals surface area contributed by atoms with Gasteiger partial charge in [0, 0.05) is 36.4 Å². The van der Waals surface area contributed by atoms with Crippen LogP contribution in [0, 0.1) is 0 Å². The molecule has 0 unspecified atom stereocenters. The Balaban J connectivity index is 1.22. The smallest absolute Gasteiger partial charge is 0.259 e. The molecule has 3 aromatic heterocycles. The van der Waals surface area contributed by atoms with Crippen molar-refractivity contribution in [2.75, 3.05) is 23.2 Å². The molecule has 0 fully saturated rings. The first-order chi connectivity index (χ1) is 17.2. The van der Waals surface area contributed by atoms with E-state index in [0.717, 1.165) is 5.56 Å². The Hall–Kier alpha value is -4.38. The molecule has 10 nitrogen and oxygen atoms in total. The van der Waals surface area contributed by atoms with Crippen molar-refractivity contribution in [3.05, 3.63) is 84.4 Å². The maximum atomic E-state index is 13.0. The molecule has 4 heterocycles. The monoisotopic (exact) mass is 488 g/mol. The van der Waals surface area contributed by atoms with Gasteiger partial charge in [-0.1, -0.05) is 11.8 Å². The molecule has 1 aliphatic heterocycles. The number of hydrogen-bond donors (Lipinski definition) is 2. The van der Waals surface area contributed by atoms with Gasteiger partial charge in [-0.25, -0.2) is 9.67 Å². The van der Waals surface area contributed by atoms with E-state index in [9.17, 15) is 9.59 Å². The summed E-state index contributed by atoms with van der Waals surface area (Å²) in [4.78, 5) is 33.8. The third-order valence-electron chi connectivity index (χ3n) is 5.05. The van der Waals surface area contributed by atoms with E-state index in [1.54, 1.807) is 65.9 Å². The number of ether oxygens (including phenoxy) is 2. The number of anilines is 2. The second kappa shape index (κ2) is 10.3. The van der Waals surface area contributed by atoms with E-state index in [-0.39, 0.29) is 24.4 Å². The molecule has 0 bridgehead atoms. The number of fused-ring (bicyclic) bond motifs is 1. The number of carbonyl (C=O) groups is 2. The molecule has 0 saturated heterocycles. The third-order valence-corrected chi connectivity index (χ3v) is 6.06. The Morgan fingerprint density at radius 2 is 1.83 bits per heavy atom. The van der Waals surface area contributed by atoms with Gasteiger partial charge in [0.25, 0.3) is 5.91 Å². The predicted octanol–water partition coefficient (Wildman–Crippen LogP) is 3.43. The van der Waals surface area contributed by atoms with Crippen LogP contribution in [0.5, 0.6) is 11.5 Å². The Kier molecular flexibility index (Phi) is 6.57. The van der Waals surface area contributed by atoms with Gasteiger partial charge in [0.05, 0.1) is 24.1 Å². The number of hydrogen-bond acceptors (Lipinski definition) is 8. The van der Waals surface area contributed by atoms with Gasteiger partial charge in [-0.3, -0.25) is 14.6 Å². The van der Waals surface area contributed by atoms with Crippen molar-refractivity contribution in [1.29, 1.82) is 0 Å². The van der Waals surface area contributed by atoms with Crippen LogP contribution in [0.2, 0.25) is 0 Å². The average Bonchev–Trinajstić information content (AvgIpc) is 3.52. The summed E-state index contributed by atoms with van der Waals surface area (Å²) >= 11 is 1.18. The molecule has 0 radical (unpaired) electrons. The lowest BCUT2D eigenvalue weighted by Crippen LogP contribution is -2.18. The van der Waals surface area contributed by atoms with Crippen LogP contribution in [0.15, 0.2) is 78.3 Å². The minimum atomic E-state index is -0.340. The van der Waals surface area contributed by atoms with Gasteiger partial charge in [-0.05, 0) is 42.0 Å². The number of nitrogens with zero attached hydrogens (tertiary/aromatic N) is 4. The molecule has 0 atom stereocenters. The van der Waals surface area contributed by atoms with Crippen molar-refractivity contribution in [2.45, 2.75) is 11.6 Å². The van der Waals surface area contributed by atoms with Gasteiger partial charge in [-0.2, -0.15) is 5.10 Å². The predicted molar refractivity (Wildman–Crippen MR) is 130 cm³/mol. The molecule has 11 heteroatoms. The van der Waals surface area contributed by atoms with E-state index in [1.807, 2.05) is 12.1 Å². The van der Waals surface area contributed by atoms with E-state index >= 15 is 0 Å². The zero-order valence-electron chi connectivity index (χ0n) is 18.4. The number of aromatic nitrogens is 4. The third kappa shape index (κ3) is 5.41. The summed E-state index contributed by atoms with van der Waals surface area (Å²) in [5, 5.41) is 10.4. The fourth-order valence-electron chi connectivity index (χ4n) is 3.39. The second-order valence-electron chi connectivity index (χ2n) is 7.44. The normalized spacial score (nSPS) is 11.8. The van der Waals surface area contributed by atoms with Crippen molar-refractivity contribution < 1.29 is 19.1 Å². The first-order valence-electron chi connectivity index (χ1n) is 10.6. The lowest BCUT2D eigenvalue weighted by atomic mass is 10.2. The van der Waals surface area contributed by atoms with Gasteiger partial charge >= 0.3 is 0 Å².